The first-order chi connectivity index (χ1) is 7.50. The smallest absolute Gasteiger partial charge is 0.146 e. The van der Waals surface area contributed by atoms with Crippen molar-refractivity contribution in [3.63, 3.8) is 0 Å². The van der Waals surface area contributed by atoms with Gasteiger partial charge in [0.2, 0.25) is 0 Å². The maximum Gasteiger partial charge on any atom is 0.146 e. The molecule has 0 spiro atoms. The predicted molar refractivity (Wildman–Crippen MR) is 62.2 cm³/mol. The molecule has 90 valence electrons. The van der Waals surface area contributed by atoms with Gasteiger partial charge in [0, 0.05) is 17.0 Å². The number of nitrogens with one attached hydrogen (secondary N) is 1. The monoisotopic (exact) mass is 247 g/mol. The Morgan fingerprint density at radius 1 is 1.38 bits per heavy atom. The molecule has 0 bridgehead atoms. The normalized spacial score (nSPS) is 11.6. The summed E-state index contributed by atoms with van der Waals surface area (Å²) < 4.78 is 13.3. The minimum atomic E-state index is -0.686. The Hall–Kier alpha value is -0.840. The Balaban J connectivity index is 2.70. The molecule has 16 heavy (non-hydrogen) atoms. The van der Waals surface area contributed by atoms with Crippen LogP contribution in [0, 0.1) is 11.2 Å². The van der Waals surface area contributed by atoms with Crippen molar-refractivity contribution in [1.29, 1.82) is 0 Å². The molecule has 5 heteroatoms. The van der Waals surface area contributed by atoms with E-state index in [0.717, 1.165) is 0 Å². The lowest BCUT2D eigenvalue weighted by atomic mass is 9.93. The van der Waals surface area contributed by atoms with Crippen molar-refractivity contribution in [3.05, 3.63) is 29.0 Å². The Bertz CT molecular complexity index is 356. The number of aliphatic hydroxyl groups excluding tert-OH is 2. The third kappa shape index (κ3) is 3.33. The Labute approximate surface area is 98.9 Å². The third-order valence-corrected chi connectivity index (χ3v) is 2.63. The van der Waals surface area contributed by atoms with Crippen molar-refractivity contribution in [3.8, 4) is 0 Å². The number of rotatable bonds is 5. The molecular formula is C11H15ClFNO2. The quantitative estimate of drug-likeness (QED) is 0.745. The van der Waals surface area contributed by atoms with Gasteiger partial charge in [-0.25, -0.2) is 4.39 Å². The van der Waals surface area contributed by atoms with Crippen LogP contribution in [-0.4, -0.2) is 30.0 Å². The van der Waals surface area contributed by atoms with E-state index >= 15 is 0 Å². The SMILES string of the molecule is CC(CO)(CO)CNc1cc(Cl)ccc1F. The van der Waals surface area contributed by atoms with E-state index < -0.39 is 11.2 Å². The molecule has 0 saturated heterocycles. The van der Waals surface area contributed by atoms with Crippen molar-refractivity contribution in [2.75, 3.05) is 25.1 Å². The largest absolute Gasteiger partial charge is 0.396 e. The van der Waals surface area contributed by atoms with E-state index in [1.165, 1.54) is 18.2 Å². The van der Waals surface area contributed by atoms with Crippen LogP contribution in [0.25, 0.3) is 0 Å². The number of hydrogen-bond donors (Lipinski definition) is 3. The number of benzene rings is 1. The van der Waals surface area contributed by atoms with Gasteiger partial charge in [-0.2, -0.15) is 0 Å². The minimum absolute atomic E-state index is 0.182. The molecule has 0 aliphatic carbocycles. The number of hydrogen-bond acceptors (Lipinski definition) is 3. The molecule has 0 amide bonds. The first-order valence-electron chi connectivity index (χ1n) is 4.91. The highest BCUT2D eigenvalue weighted by Gasteiger charge is 2.22. The zero-order chi connectivity index (χ0) is 12.2. The topological polar surface area (TPSA) is 52.5 Å². The van der Waals surface area contributed by atoms with Crippen molar-refractivity contribution < 1.29 is 14.6 Å². The second kappa shape index (κ2) is 5.48. The van der Waals surface area contributed by atoms with Crippen LogP contribution in [0.5, 0.6) is 0 Å². The first-order valence-corrected chi connectivity index (χ1v) is 5.29. The van der Waals surface area contributed by atoms with E-state index in [2.05, 4.69) is 5.32 Å². The van der Waals surface area contributed by atoms with Gasteiger partial charge in [0.15, 0.2) is 0 Å². The van der Waals surface area contributed by atoms with Gasteiger partial charge in [0.05, 0.1) is 18.9 Å². The van der Waals surface area contributed by atoms with Crippen LogP contribution in [0.3, 0.4) is 0 Å². The first kappa shape index (κ1) is 13.2. The van der Waals surface area contributed by atoms with Gasteiger partial charge in [-0.1, -0.05) is 18.5 Å². The average molecular weight is 248 g/mol. The molecule has 1 aromatic carbocycles. The molecule has 0 fully saturated rings. The van der Waals surface area contributed by atoms with Crippen molar-refractivity contribution in [2.24, 2.45) is 5.41 Å². The standard InChI is InChI=1S/C11H15ClFNO2/c1-11(6-15,7-16)5-14-10-4-8(12)2-3-9(10)13/h2-4,14-16H,5-7H2,1H3. The maximum atomic E-state index is 13.3. The van der Waals surface area contributed by atoms with Gasteiger partial charge < -0.3 is 15.5 Å². The van der Waals surface area contributed by atoms with Crippen LogP contribution in [-0.2, 0) is 0 Å². The highest BCUT2D eigenvalue weighted by atomic mass is 35.5. The Morgan fingerprint density at radius 3 is 2.56 bits per heavy atom. The zero-order valence-electron chi connectivity index (χ0n) is 9.00. The lowest BCUT2D eigenvalue weighted by molar-refractivity contribution is 0.0806. The lowest BCUT2D eigenvalue weighted by Crippen LogP contribution is -2.34. The fourth-order valence-corrected chi connectivity index (χ4v) is 1.28. The van der Waals surface area contributed by atoms with Gasteiger partial charge in [-0.15, -0.1) is 0 Å². The van der Waals surface area contributed by atoms with Gasteiger partial charge in [-0.05, 0) is 18.2 Å². The van der Waals surface area contributed by atoms with E-state index in [1.807, 2.05) is 0 Å². The number of halogens is 2. The van der Waals surface area contributed by atoms with Crippen LogP contribution in [0.4, 0.5) is 10.1 Å². The van der Waals surface area contributed by atoms with E-state index in [9.17, 15) is 4.39 Å². The number of anilines is 1. The van der Waals surface area contributed by atoms with E-state index in [0.29, 0.717) is 5.02 Å². The molecule has 0 aliphatic heterocycles. The maximum absolute atomic E-state index is 13.3. The molecule has 3 nitrogen and oxygen atoms in total. The van der Waals surface area contributed by atoms with Crippen molar-refractivity contribution in [1.82, 2.24) is 0 Å². The van der Waals surface area contributed by atoms with Gasteiger partial charge in [0.25, 0.3) is 0 Å². The van der Waals surface area contributed by atoms with Gasteiger partial charge >= 0.3 is 0 Å². The molecule has 0 unspecified atom stereocenters. The Kier molecular flexibility index (Phi) is 4.53. The molecule has 1 rings (SSSR count). The minimum Gasteiger partial charge on any atom is -0.396 e. The van der Waals surface area contributed by atoms with Gasteiger partial charge in [0.1, 0.15) is 5.82 Å². The predicted octanol–water partition coefficient (Wildman–Crippen LogP) is 1.88. The number of aliphatic hydroxyl groups is 2. The molecule has 0 aromatic heterocycles. The van der Waals surface area contributed by atoms with Crippen molar-refractivity contribution >= 4 is 17.3 Å². The van der Waals surface area contributed by atoms with Gasteiger partial charge in [-0.3, -0.25) is 0 Å². The molecule has 0 aliphatic rings. The summed E-state index contributed by atoms with van der Waals surface area (Å²) >= 11 is 5.73. The van der Waals surface area contributed by atoms with Crippen LogP contribution >= 0.6 is 11.6 Å². The molecule has 0 saturated carbocycles. The molecule has 0 heterocycles. The second-order valence-corrected chi connectivity index (χ2v) is 4.54. The summed E-state index contributed by atoms with van der Waals surface area (Å²) in [6.07, 6.45) is 0. The van der Waals surface area contributed by atoms with Crippen LogP contribution < -0.4 is 5.32 Å². The lowest BCUT2D eigenvalue weighted by Gasteiger charge is -2.25. The average Bonchev–Trinajstić information content (AvgIpc) is 2.30. The highest BCUT2D eigenvalue weighted by molar-refractivity contribution is 6.30. The third-order valence-electron chi connectivity index (χ3n) is 2.40. The van der Waals surface area contributed by atoms with Crippen molar-refractivity contribution in [2.45, 2.75) is 6.92 Å². The summed E-state index contributed by atoms with van der Waals surface area (Å²) in [5, 5.41) is 21.4. The van der Waals surface area contributed by atoms with Crippen LogP contribution in [0.1, 0.15) is 6.92 Å². The fourth-order valence-electron chi connectivity index (χ4n) is 1.10. The van der Waals surface area contributed by atoms with E-state index in [-0.39, 0.29) is 25.4 Å². The summed E-state index contributed by atoms with van der Waals surface area (Å²) in [6.45, 7) is 1.59. The summed E-state index contributed by atoms with van der Waals surface area (Å²) in [7, 11) is 0. The Morgan fingerprint density at radius 2 is 2.00 bits per heavy atom. The van der Waals surface area contributed by atoms with E-state index in [4.69, 9.17) is 21.8 Å². The molecule has 1 aromatic rings. The summed E-state index contributed by atoms with van der Waals surface area (Å²) in [6, 6.07) is 4.19. The second-order valence-electron chi connectivity index (χ2n) is 4.10. The molecule has 0 radical (unpaired) electrons. The summed E-state index contributed by atoms with van der Waals surface area (Å²) in [5.41, 5.74) is -0.421. The molecule has 3 N–H and O–H groups in total. The fraction of sp³-hybridized carbons (Fsp3) is 0.455. The highest BCUT2D eigenvalue weighted by Crippen LogP contribution is 2.22. The van der Waals surface area contributed by atoms with E-state index in [1.54, 1.807) is 6.92 Å². The zero-order valence-corrected chi connectivity index (χ0v) is 9.76. The van der Waals surface area contributed by atoms with Crippen LogP contribution in [0.15, 0.2) is 18.2 Å². The summed E-state index contributed by atoms with van der Waals surface area (Å²) in [4.78, 5) is 0. The summed E-state index contributed by atoms with van der Waals surface area (Å²) in [5.74, 6) is -0.414. The molecule has 0 atom stereocenters. The molecular weight excluding hydrogens is 233 g/mol. The van der Waals surface area contributed by atoms with Crippen LogP contribution in [0.2, 0.25) is 5.02 Å².